The summed E-state index contributed by atoms with van der Waals surface area (Å²) in [6.45, 7) is 0. The minimum absolute atomic E-state index is 0.321. The van der Waals surface area contributed by atoms with Crippen molar-refractivity contribution < 1.29 is 9.11 Å². The summed E-state index contributed by atoms with van der Waals surface area (Å²) in [6, 6.07) is 6.73. The minimum atomic E-state index is -3.11. The Labute approximate surface area is 79.2 Å². The Morgan fingerprint density at radius 3 is 2.18 bits per heavy atom. The largest absolute Gasteiger partial charge is 0.281 e. The average molecular weight is 258 g/mol. The SMILES string of the molecule is OS(O)(Cl)c1ccccc1Br. The van der Waals surface area contributed by atoms with Crippen LogP contribution in [0.15, 0.2) is 33.6 Å². The quantitative estimate of drug-likeness (QED) is 0.805. The Hall–Kier alpha value is 0.260. The summed E-state index contributed by atoms with van der Waals surface area (Å²) in [4.78, 5) is 0.321. The van der Waals surface area contributed by atoms with Crippen LogP contribution in [0.2, 0.25) is 0 Å². The van der Waals surface area contributed by atoms with Crippen molar-refractivity contribution in [2.45, 2.75) is 4.90 Å². The Bertz CT molecular complexity index is 261. The van der Waals surface area contributed by atoms with Gasteiger partial charge in [-0.1, -0.05) is 21.9 Å². The van der Waals surface area contributed by atoms with Crippen LogP contribution < -0.4 is 0 Å². The highest BCUT2D eigenvalue weighted by molar-refractivity contribution is 9.10. The lowest BCUT2D eigenvalue weighted by molar-refractivity contribution is 0.507. The predicted octanol–water partition coefficient (Wildman–Crippen LogP) is 3.71. The fourth-order valence-corrected chi connectivity index (χ4v) is 2.87. The first-order valence-electron chi connectivity index (χ1n) is 2.74. The summed E-state index contributed by atoms with van der Waals surface area (Å²) in [5, 5.41) is 0. The fourth-order valence-electron chi connectivity index (χ4n) is 0.655. The first-order valence-corrected chi connectivity index (χ1v) is 5.91. The molecular formula is C6H6BrClO2S. The van der Waals surface area contributed by atoms with Crippen LogP contribution in [-0.2, 0) is 0 Å². The van der Waals surface area contributed by atoms with Crippen LogP contribution in [0, 0.1) is 0 Å². The van der Waals surface area contributed by atoms with E-state index in [-0.39, 0.29) is 0 Å². The second-order valence-corrected chi connectivity index (χ2v) is 5.45. The van der Waals surface area contributed by atoms with Crippen LogP contribution in [0.4, 0.5) is 0 Å². The molecule has 0 radical (unpaired) electrons. The Morgan fingerprint density at radius 1 is 1.27 bits per heavy atom. The lowest BCUT2D eigenvalue weighted by Crippen LogP contribution is -1.89. The summed E-state index contributed by atoms with van der Waals surface area (Å²) in [6.07, 6.45) is 0. The molecule has 0 unspecified atom stereocenters. The third-order valence-corrected chi connectivity index (χ3v) is 3.48. The summed E-state index contributed by atoms with van der Waals surface area (Å²) in [7, 11) is 2.22. The van der Waals surface area contributed by atoms with Crippen molar-refractivity contribution >= 4 is 36.4 Å². The van der Waals surface area contributed by atoms with Crippen LogP contribution in [0.3, 0.4) is 0 Å². The lowest BCUT2D eigenvalue weighted by Gasteiger charge is -2.23. The van der Waals surface area contributed by atoms with Crippen molar-refractivity contribution in [2.24, 2.45) is 0 Å². The molecule has 0 aliphatic carbocycles. The Morgan fingerprint density at radius 2 is 1.82 bits per heavy atom. The molecule has 11 heavy (non-hydrogen) atoms. The van der Waals surface area contributed by atoms with Crippen LogP contribution in [0.1, 0.15) is 0 Å². The highest BCUT2D eigenvalue weighted by Crippen LogP contribution is 2.55. The normalized spacial score (nSPS) is 13.1. The molecule has 0 aliphatic rings. The number of rotatable bonds is 1. The van der Waals surface area contributed by atoms with E-state index in [9.17, 15) is 0 Å². The monoisotopic (exact) mass is 256 g/mol. The first-order chi connectivity index (χ1) is 5.02. The predicted molar refractivity (Wildman–Crippen MR) is 51.1 cm³/mol. The van der Waals surface area contributed by atoms with Crippen molar-refractivity contribution in [3.8, 4) is 0 Å². The van der Waals surface area contributed by atoms with Gasteiger partial charge in [0.2, 0.25) is 0 Å². The highest BCUT2D eigenvalue weighted by atomic mass is 79.9. The molecule has 0 amide bonds. The maximum atomic E-state index is 9.04. The highest BCUT2D eigenvalue weighted by Gasteiger charge is 2.13. The molecule has 0 saturated carbocycles. The fraction of sp³-hybridized carbons (Fsp3) is 0. The van der Waals surface area contributed by atoms with Gasteiger partial charge in [-0.15, -0.1) is 0 Å². The van der Waals surface area contributed by atoms with Gasteiger partial charge in [0, 0.05) is 15.2 Å². The van der Waals surface area contributed by atoms with Gasteiger partial charge in [-0.05, 0) is 28.1 Å². The number of hydrogen-bond donors (Lipinski definition) is 2. The van der Waals surface area contributed by atoms with E-state index < -0.39 is 9.80 Å². The summed E-state index contributed by atoms with van der Waals surface area (Å²) < 4.78 is 18.7. The Kier molecular flexibility index (Phi) is 2.83. The van der Waals surface area contributed by atoms with Crippen LogP contribution >= 0.6 is 36.4 Å². The topological polar surface area (TPSA) is 40.5 Å². The second kappa shape index (κ2) is 3.33. The van der Waals surface area contributed by atoms with E-state index in [0.717, 1.165) is 0 Å². The van der Waals surface area contributed by atoms with Gasteiger partial charge < -0.3 is 0 Å². The maximum Gasteiger partial charge on any atom is 0.0898 e. The van der Waals surface area contributed by atoms with Gasteiger partial charge in [0.1, 0.15) is 0 Å². The van der Waals surface area contributed by atoms with Gasteiger partial charge in [0.05, 0.1) is 4.90 Å². The van der Waals surface area contributed by atoms with Gasteiger partial charge >= 0.3 is 0 Å². The zero-order chi connectivity index (χ0) is 8.48. The zero-order valence-corrected chi connectivity index (χ0v) is 8.53. The van der Waals surface area contributed by atoms with E-state index in [1.165, 1.54) is 0 Å². The minimum Gasteiger partial charge on any atom is -0.281 e. The van der Waals surface area contributed by atoms with Gasteiger partial charge in [-0.2, -0.15) is 0 Å². The molecule has 1 aromatic carbocycles. The summed E-state index contributed by atoms with van der Waals surface area (Å²) >= 11 is 3.15. The van der Waals surface area contributed by atoms with Gasteiger partial charge in [0.15, 0.2) is 0 Å². The molecular weight excluding hydrogens is 251 g/mol. The van der Waals surface area contributed by atoms with E-state index in [4.69, 9.17) is 19.8 Å². The maximum absolute atomic E-state index is 9.04. The van der Waals surface area contributed by atoms with Gasteiger partial charge in [-0.3, -0.25) is 9.11 Å². The van der Waals surface area contributed by atoms with E-state index in [1.807, 2.05) is 0 Å². The van der Waals surface area contributed by atoms with Gasteiger partial charge in [-0.25, -0.2) is 0 Å². The number of halogens is 2. The summed E-state index contributed by atoms with van der Waals surface area (Å²) in [5.74, 6) is 0. The van der Waals surface area contributed by atoms with Crippen molar-refractivity contribution in [1.29, 1.82) is 0 Å². The van der Waals surface area contributed by atoms with Crippen molar-refractivity contribution in [2.75, 3.05) is 0 Å². The third kappa shape index (κ3) is 2.35. The van der Waals surface area contributed by atoms with E-state index in [0.29, 0.717) is 9.37 Å². The lowest BCUT2D eigenvalue weighted by atomic mass is 10.4. The Balaban J connectivity index is 3.14. The molecule has 0 aliphatic heterocycles. The van der Waals surface area contributed by atoms with E-state index in [1.54, 1.807) is 24.3 Å². The molecule has 0 aromatic heterocycles. The van der Waals surface area contributed by atoms with Crippen LogP contribution in [0.5, 0.6) is 0 Å². The molecule has 62 valence electrons. The van der Waals surface area contributed by atoms with Crippen LogP contribution in [0.25, 0.3) is 0 Å². The molecule has 1 rings (SSSR count). The third-order valence-electron chi connectivity index (χ3n) is 1.12. The van der Waals surface area contributed by atoms with Crippen molar-refractivity contribution in [3.63, 3.8) is 0 Å². The van der Waals surface area contributed by atoms with E-state index >= 15 is 0 Å². The molecule has 0 saturated heterocycles. The molecule has 2 nitrogen and oxygen atoms in total. The smallest absolute Gasteiger partial charge is 0.0898 e. The molecule has 2 N–H and O–H groups in total. The molecule has 0 spiro atoms. The number of benzene rings is 1. The molecule has 0 bridgehead atoms. The van der Waals surface area contributed by atoms with Crippen molar-refractivity contribution in [3.05, 3.63) is 28.7 Å². The standard InChI is InChI=1S/C6H6BrClO2S/c7-5-3-1-2-4-6(5)11(8,9)10/h1-4,9-10H. The molecule has 0 heterocycles. The van der Waals surface area contributed by atoms with E-state index in [2.05, 4.69) is 15.9 Å². The average Bonchev–Trinajstić information content (AvgIpc) is 1.86. The van der Waals surface area contributed by atoms with Crippen LogP contribution in [-0.4, -0.2) is 9.11 Å². The molecule has 5 heteroatoms. The first kappa shape index (κ1) is 9.35. The second-order valence-electron chi connectivity index (χ2n) is 1.91. The number of hydrogen-bond acceptors (Lipinski definition) is 2. The van der Waals surface area contributed by atoms with Gasteiger partial charge in [0.25, 0.3) is 0 Å². The molecule has 0 fully saturated rings. The van der Waals surface area contributed by atoms with Crippen molar-refractivity contribution in [1.82, 2.24) is 0 Å². The summed E-state index contributed by atoms with van der Waals surface area (Å²) in [5.41, 5.74) is 0. The molecule has 1 aromatic rings. The molecule has 0 atom stereocenters. The zero-order valence-electron chi connectivity index (χ0n) is 5.37.